The van der Waals surface area contributed by atoms with Crippen LogP contribution in [0.2, 0.25) is 0 Å². The Hall–Kier alpha value is -1.79. The molecule has 1 aliphatic heterocycles. The molecule has 0 spiro atoms. The maximum absolute atomic E-state index is 10.5. The summed E-state index contributed by atoms with van der Waals surface area (Å²) in [6.07, 6.45) is -1.31. The van der Waals surface area contributed by atoms with Gasteiger partial charge in [0.25, 0.3) is 0 Å². The number of aliphatic hydroxyl groups excluding tert-OH is 1. The Morgan fingerprint density at radius 2 is 2.12 bits per heavy atom. The highest BCUT2D eigenvalue weighted by Gasteiger charge is 2.23. The summed E-state index contributed by atoms with van der Waals surface area (Å²) in [6.45, 7) is 0.183. The van der Waals surface area contributed by atoms with Gasteiger partial charge in [-0.3, -0.25) is 0 Å². The smallest absolute Gasteiger partial charge is 0.334 e. The van der Waals surface area contributed by atoms with Gasteiger partial charge in [-0.1, -0.05) is 6.07 Å². The lowest BCUT2D eigenvalue weighted by molar-refractivity contribution is -0.147. The highest BCUT2D eigenvalue weighted by atomic mass is 16.7. The molecule has 2 unspecified atom stereocenters. The topological polar surface area (TPSA) is 102 Å². The predicted molar refractivity (Wildman–Crippen MR) is 57.9 cm³/mol. The first kappa shape index (κ1) is 11.7. The zero-order valence-corrected chi connectivity index (χ0v) is 9.00. The molecule has 0 fully saturated rings. The molecule has 6 nitrogen and oxygen atoms in total. The van der Waals surface area contributed by atoms with E-state index in [1.165, 1.54) is 0 Å². The van der Waals surface area contributed by atoms with Gasteiger partial charge in [-0.25, -0.2) is 4.79 Å². The van der Waals surface area contributed by atoms with Gasteiger partial charge in [0, 0.05) is 6.04 Å². The van der Waals surface area contributed by atoms with Crippen molar-refractivity contribution in [3.63, 3.8) is 0 Å². The Labute approximate surface area is 97.6 Å². The van der Waals surface area contributed by atoms with E-state index in [1.54, 1.807) is 18.2 Å². The van der Waals surface area contributed by atoms with Crippen LogP contribution in [0, 0.1) is 0 Å². The summed E-state index contributed by atoms with van der Waals surface area (Å²) < 4.78 is 10.3. The van der Waals surface area contributed by atoms with Crippen molar-refractivity contribution in [2.45, 2.75) is 18.6 Å². The number of ether oxygens (including phenoxy) is 2. The molecule has 4 N–H and O–H groups in total. The number of nitrogens with two attached hydrogens (primary N) is 1. The Morgan fingerprint density at radius 1 is 1.41 bits per heavy atom. The molecule has 0 bridgehead atoms. The average molecular weight is 239 g/mol. The molecule has 0 amide bonds. The number of carboxylic acids is 1. The minimum atomic E-state index is -1.57. The van der Waals surface area contributed by atoms with Gasteiger partial charge in [0.05, 0.1) is 0 Å². The minimum absolute atomic E-state index is 0.183. The van der Waals surface area contributed by atoms with Crippen LogP contribution in [0.4, 0.5) is 0 Å². The van der Waals surface area contributed by atoms with Gasteiger partial charge >= 0.3 is 5.97 Å². The van der Waals surface area contributed by atoms with E-state index in [0.717, 1.165) is 5.56 Å². The van der Waals surface area contributed by atoms with Crippen LogP contribution in [-0.4, -0.2) is 35.1 Å². The Bertz CT molecular complexity index is 434. The van der Waals surface area contributed by atoms with Crippen molar-refractivity contribution in [1.29, 1.82) is 0 Å². The monoisotopic (exact) mass is 239 g/mol. The first-order valence-corrected chi connectivity index (χ1v) is 5.13. The van der Waals surface area contributed by atoms with Crippen molar-refractivity contribution in [3.05, 3.63) is 23.8 Å². The normalized spacial score (nSPS) is 16.6. The van der Waals surface area contributed by atoms with Crippen molar-refractivity contribution in [2.75, 3.05) is 6.79 Å². The molecule has 1 aliphatic rings. The standard InChI is InChI=1S/C11H13NO5/c12-7(10(13)11(14)15)3-6-1-2-8-9(4-6)17-5-16-8/h1-2,4,7,10,13H,3,5,12H2,(H,14,15). The van der Waals surface area contributed by atoms with Gasteiger partial charge in [-0.2, -0.15) is 0 Å². The highest BCUT2D eigenvalue weighted by Crippen LogP contribution is 2.32. The number of hydrogen-bond acceptors (Lipinski definition) is 5. The van der Waals surface area contributed by atoms with E-state index in [4.69, 9.17) is 20.3 Å². The number of benzene rings is 1. The first-order chi connectivity index (χ1) is 8.08. The molecule has 17 heavy (non-hydrogen) atoms. The SMILES string of the molecule is NC(Cc1ccc2c(c1)OCO2)C(O)C(=O)O. The number of carbonyl (C=O) groups is 1. The predicted octanol–water partition coefficient (Wildman–Crippen LogP) is -0.269. The second-order valence-corrected chi connectivity index (χ2v) is 3.84. The number of aliphatic hydroxyl groups is 1. The fourth-order valence-corrected chi connectivity index (χ4v) is 1.63. The summed E-state index contributed by atoms with van der Waals surface area (Å²) in [5.74, 6) is -0.0566. The van der Waals surface area contributed by atoms with Crippen LogP contribution in [0.3, 0.4) is 0 Å². The van der Waals surface area contributed by atoms with Crippen LogP contribution < -0.4 is 15.2 Å². The van der Waals surface area contributed by atoms with E-state index in [-0.39, 0.29) is 13.2 Å². The van der Waals surface area contributed by atoms with E-state index in [2.05, 4.69) is 0 Å². The minimum Gasteiger partial charge on any atom is -0.479 e. The summed E-state index contributed by atoms with van der Waals surface area (Å²) in [5, 5.41) is 17.9. The molecule has 0 radical (unpaired) electrons. The Balaban J connectivity index is 2.06. The highest BCUT2D eigenvalue weighted by molar-refractivity contribution is 5.72. The van der Waals surface area contributed by atoms with Gasteiger partial charge in [-0.05, 0) is 24.1 Å². The summed E-state index contributed by atoms with van der Waals surface area (Å²) in [5.41, 5.74) is 6.39. The molecule has 1 heterocycles. The van der Waals surface area contributed by atoms with Gasteiger partial charge in [0.1, 0.15) is 0 Å². The molecule has 0 saturated carbocycles. The lowest BCUT2D eigenvalue weighted by Crippen LogP contribution is -2.41. The van der Waals surface area contributed by atoms with Crippen LogP contribution in [-0.2, 0) is 11.2 Å². The lowest BCUT2D eigenvalue weighted by atomic mass is 10.0. The average Bonchev–Trinajstić information content (AvgIpc) is 2.74. The van der Waals surface area contributed by atoms with Crippen molar-refractivity contribution in [3.8, 4) is 11.5 Å². The first-order valence-electron chi connectivity index (χ1n) is 5.13. The summed E-state index contributed by atoms with van der Waals surface area (Å²) >= 11 is 0. The molecule has 1 aromatic carbocycles. The molecule has 0 saturated heterocycles. The summed E-state index contributed by atoms with van der Waals surface area (Å²) in [7, 11) is 0. The molecule has 0 aliphatic carbocycles. The van der Waals surface area contributed by atoms with Gasteiger partial charge < -0.3 is 25.4 Å². The molecule has 0 aromatic heterocycles. The van der Waals surface area contributed by atoms with Crippen molar-refractivity contribution in [2.24, 2.45) is 5.73 Å². The lowest BCUT2D eigenvalue weighted by Gasteiger charge is -2.15. The van der Waals surface area contributed by atoms with Gasteiger partial charge in [0.15, 0.2) is 17.6 Å². The Kier molecular flexibility index (Phi) is 3.16. The van der Waals surface area contributed by atoms with E-state index < -0.39 is 18.1 Å². The quantitative estimate of drug-likeness (QED) is 0.668. The van der Waals surface area contributed by atoms with Crippen LogP contribution in [0.15, 0.2) is 18.2 Å². The van der Waals surface area contributed by atoms with Gasteiger partial charge in [-0.15, -0.1) is 0 Å². The number of rotatable bonds is 4. The maximum atomic E-state index is 10.5. The van der Waals surface area contributed by atoms with Crippen LogP contribution in [0.5, 0.6) is 11.5 Å². The summed E-state index contributed by atoms with van der Waals surface area (Å²) in [6, 6.07) is 4.38. The van der Waals surface area contributed by atoms with Crippen molar-refractivity contribution in [1.82, 2.24) is 0 Å². The third-order valence-electron chi connectivity index (χ3n) is 2.57. The summed E-state index contributed by atoms with van der Waals surface area (Å²) in [4.78, 5) is 10.5. The van der Waals surface area contributed by atoms with Crippen LogP contribution >= 0.6 is 0 Å². The molecule has 92 valence electrons. The third-order valence-corrected chi connectivity index (χ3v) is 2.57. The zero-order valence-electron chi connectivity index (χ0n) is 9.00. The van der Waals surface area contributed by atoms with E-state index >= 15 is 0 Å². The number of carboxylic acid groups (broad SMARTS) is 1. The van der Waals surface area contributed by atoms with Crippen LogP contribution in [0.1, 0.15) is 5.56 Å². The molecule has 1 aromatic rings. The fourth-order valence-electron chi connectivity index (χ4n) is 1.63. The zero-order chi connectivity index (χ0) is 12.4. The number of hydrogen-bond donors (Lipinski definition) is 3. The number of fused-ring (bicyclic) bond motifs is 1. The van der Waals surface area contributed by atoms with E-state index in [9.17, 15) is 9.90 Å². The molecular weight excluding hydrogens is 226 g/mol. The van der Waals surface area contributed by atoms with Gasteiger partial charge in [0.2, 0.25) is 6.79 Å². The number of aliphatic carboxylic acids is 1. The van der Waals surface area contributed by atoms with E-state index in [1.807, 2.05) is 0 Å². The van der Waals surface area contributed by atoms with Crippen LogP contribution in [0.25, 0.3) is 0 Å². The second-order valence-electron chi connectivity index (χ2n) is 3.84. The second kappa shape index (κ2) is 4.60. The largest absolute Gasteiger partial charge is 0.479 e. The molecular formula is C11H13NO5. The molecule has 2 rings (SSSR count). The maximum Gasteiger partial charge on any atom is 0.334 e. The third kappa shape index (κ3) is 2.48. The molecule has 6 heteroatoms. The van der Waals surface area contributed by atoms with Crippen molar-refractivity contribution >= 4 is 5.97 Å². The fraction of sp³-hybridized carbons (Fsp3) is 0.364. The Morgan fingerprint density at radius 3 is 2.82 bits per heavy atom. The molecule has 2 atom stereocenters. The van der Waals surface area contributed by atoms with Crippen molar-refractivity contribution < 1.29 is 24.5 Å². The van der Waals surface area contributed by atoms with E-state index in [0.29, 0.717) is 11.5 Å².